The molecule has 1 N–H and O–H groups in total. The highest BCUT2D eigenvalue weighted by Gasteiger charge is 2.16. The molecule has 0 saturated heterocycles. The summed E-state index contributed by atoms with van der Waals surface area (Å²) in [6.07, 6.45) is 4.22. The van der Waals surface area contributed by atoms with Crippen molar-refractivity contribution in [2.45, 2.75) is 0 Å². The van der Waals surface area contributed by atoms with Gasteiger partial charge in [0.2, 0.25) is 0 Å². The molecule has 1 heterocycles. The second kappa shape index (κ2) is 6.76. The highest BCUT2D eigenvalue weighted by Crippen LogP contribution is 2.18. The highest BCUT2D eigenvalue weighted by atomic mass is 35.5. The van der Waals surface area contributed by atoms with E-state index >= 15 is 0 Å². The number of carbonyl (C=O) groups excluding carboxylic acids is 1. The van der Waals surface area contributed by atoms with Gasteiger partial charge in [-0.2, -0.15) is 0 Å². The van der Waals surface area contributed by atoms with Crippen LogP contribution in [0.1, 0.15) is 5.76 Å². The monoisotopic (exact) mass is 305 g/mol. The van der Waals surface area contributed by atoms with Crippen molar-refractivity contribution >= 4 is 35.2 Å². The fourth-order valence-electron chi connectivity index (χ4n) is 1.68. The largest absolute Gasteiger partial charge is 0.480 e. The first-order valence-electron chi connectivity index (χ1n) is 6.07. The Kier molecular flexibility index (Phi) is 4.79. The van der Waals surface area contributed by atoms with Crippen molar-refractivity contribution in [1.29, 1.82) is 0 Å². The number of nitrogens with zero attached hydrogens (tertiary/aromatic N) is 1. The molecule has 0 aliphatic carbocycles. The Morgan fingerprint density at radius 3 is 2.52 bits per heavy atom. The Labute approximate surface area is 126 Å². The zero-order chi connectivity index (χ0) is 15.2. The van der Waals surface area contributed by atoms with Crippen LogP contribution in [0.2, 0.25) is 5.02 Å². The minimum Gasteiger partial charge on any atom is -0.480 e. The van der Waals surface area contributed by atoms with Gasteiger partial charge in [0.25, 0.3) is 5.91 Å². The molecule has 1 aromatic heterocycles. The van der Waals surface area contributed by atoms with E-state index < -0.39 is 18.4 Å². The number of anilines is 1. The van der Waals surface area contributed by atoms with Crippen molar-refractivity contribution in [2.24, 2.45) is 0 Å². The van der Waals surface area contributed by atoms with E-state index in [0.29, 0.717) is 16.5 Å². The predicted octanol–water partition coefficient (Wildman–Crippen LogP) is 3.06. The third-order valence-corrected chi connectivity index (χ3v) is 2.88. The normalized spacial score (nSPS) is 10.7. The average Bonchev–Trinajstić information content (AvgIpc) is 2.96. The minimum atomic E-state index is -1.11. The number of aliphatic carboxylic acids is 1. The quantitative estimate of drug-likeness (QED) is 0.862. The molecule has 0 radical (unpaired) electrons. The predicted molar refractivity (Wildman–Crippen MR) is 79.2 cm³/mol. The summed E-state index contributed by atoms with van der Waals surface area (Å²) in [6, 6.07) is 9.74. The maximum absolute atomic E-state index is 12.2. The number of rotatable bonds is 5. The van der Waals surface area contributed by atoms with Gasteiger partial charge in [0.05, 0.1) is 6.26 Å². The molecule has 1 amide bonds. The first-order valence-corrected chi connectivity index (χ1v) is 6.44. The topological polar surface area (TPSA) is 70.8 Å². The molecule has 2 aromatic rings. The summed E-state index contributed by atoms with van der Waals surface area (Å²) in [5.74, 6) is -1.06. The summed E-state index contributed by atoms with van der Waals surface area (Å²) in [4.78, 5) is 24.2. The van der Waals surface area contributed by atoms with Gasteiger partial charge in [0, 0.05) is 16.8 Å². The molecular weight excluding hydrogens is 294 g/mol. The molecule has 2 rings (SSSR count). The van der Waals surface area contributed by atoms with Gasteiger partial charge in [-0.25, -0.2) is 0 Å². The Hall–Kier alpha value is -2.53. The summed E-state index contributed by atoms with van der Waals surface area (Å²) in [5.41, 5.74) is 0.455. The first-order chi connectivity index (χ1) is 10.1. The maximum atomic E-state index is 12.2. The van der Waals surface area contributed by atoms with E-state index in [9.17, 15) is 9.59 Å². The SMILES string of the molecule is O=C(O)CN(C(=O)/C=C/c1ccco1)c1ccc(Cl)cc1. The van der Waals surface area contributed by atoms with Crippen LogP contribution >= 0.6 is 11.6 Å². The molecular formula is C15H12ClNO4. The van der Waals surface area contributed by atoms with Crippen molar-refractivity contribution in [2.75, 3.05) is 11.4 Å². The third-order valence-electron chi connectivity index (χ3n) is 2.63. The van der Waals surface area contributed by atoms with Gasteiger partial charge in [-0.15, -0.1) is 0 Å². The van der Waals surface area contributed by atoms with Crippen LogP contribution in [0.5, 0.6) is 0 Å². The lowest BCUT2D eigenvalue weighted by atomic mass is 10.2. The molecule has 0 unspecified atom stereocenters. The Bertz CT molecular complexity index is 647. The smallest absolute Gasteiger partial charge is 0.323 e. The number of carbonyl (C=O) groups is 2. The molecule has 0 fully saturated rings. The average molecular weight is 306 g/mol. The number of hydrogen-bond donors (Lipinski definition) is 1. The van der Waals surface area contributed by atoms with Crippen molar-refractivity contribution in [1.82, 2.24) is 0 Å². The van der Waals surface area contributed by atoms with Crippen LogP contribution < -0.4 is 4.90 Å². The maximum Gasteiger partial charge on any atom is 0.323 e. The summed E-state index contributed by atoms with van der Waals surface area (Å²) < 4.78 is 5.07. The number of carboxylic acids is 1. The van der Waals surface area contributed by atoms with Gasteiger partial charge in [0.15, 0.2) is 0 Å². The Morgan fingerprint density at radius 2 is 1.95 bits per heavy atom. The van der Waals surface area contributed by atoms with Crippen molar-refractivity contribution in [3.63, 3.8) is 0 Å². The summed E-state index contributed by atoms with van der Waals surface area (Å²) in [6.45, 7) is -0.442. The minimum absolute atomic E-state index is 0.442. The molecule has 0 bridgehead atoms. The van der Waals surface area contributed by atoms with Gasteiger partial charge in [-0.3, -0.25) is 14.5 Å². The van der Waals surface area contributed by atoms with Crippen molar-refractivity contribution in [3.8, 4) is 0 Å². The van der Waals surface area contributed by atoms with Crippen LogP contribution in [0.4, 0.5) is 5.69 Å². The van der Waals surface area contributed by atoms with Crippen molar-refractivity contribution < 1.29 is 19.1 Å². The van der Waals surface area contributed by atoms with E-state index in [0.717, 1.165) is 4.90 Å². The molecule has 0 spiro atoms. The van der Waals surface area contributed by atoms with E-state index in [4.69, 9.17) is 21.1 Å². The summed E-state index contributed by atoms with van der Waals surface area (Å²) in [7, 11) is 0. The highest BCUT2D eigenvalue weighted by molar-refractivity contribution is 6.30. The molecule has 6 heteroatoms. The Balaban J connectivity index is 2.20. The molecule has 0 aliphatic rings. The van der Waals surface area contributed by atoms with E-state index in [-0.39, 0.29) is 0 Å². The number of benzene rings is 1. The van der Waals surface area contributed by atoms with E-state index in [2.05, 4.69) is 0 Å². The number of carboxylic acid groups (broad SMARTS) is 1. The number of amides is 1. The second-order valence-electron chi connectivity index (χ2n) is 4.14. The summed E-state index contributed by atoms with van der Waals surface area (Å²) >= 11 is 5.78. The van der Waals surface area contributed by atoms with Crippen LogP contribution in [0, 0.1) is 0 Å². The molecule has 1 aromatic carbocycles. The van der Waals surface area contributed by atoms with Gasteiger partial charge in [-0.1, -0.05) is 11.6 Å². The standard InChI is InChI=1S/C15H12ClNO4/c16-11-3-5-12(6-4-11)17(10-15(19)20)14(18)8-7-13-2-1-9-21-13/h1-9H,10H2,(H,19,20)/b8-7+. The van der Waals surface area contributed by atoms with Gasteiger partial charge < -0.3 is 9.52 Å². The van der Waals surface area contributed by atoms with E-state index in [1.807, 2.05) is 0 Å². The number of hydrogen-bond acceptors (Lipinski definition) is 3. The van der Waals surface area contributed by atoms with Gasteiger partial charge >= 0.3 is 5.97 Å². The lowest BCUT2D eigenvalue weighted by molar-refractivity contribution is -0.136. The molecule has 0 aliphatic heterocycles. The molecule has 5 nitrogen and oxygen atoms in total. The number of halogens is 1. The summed E-state index contributed by atoms with van der Waals surface area (Å²) in [5, 5.41) is 9.45. The first kappa shape index (κ1) is 14.9. The molecule has 0 atom stereocenters. The molecule has 0 saturated carbocycles. The zero-order valence-corrected chi connectivity index (χ0v) is 11.7. The van der Waals surface area contributed by atoms with E-state index in [1.54, 1.807) is 36.4 Å². The zero-order valence-electron chi connectivity index (χ0n) is 10.9. The fourth-order valence-corrected chi connectivity index (χ4v) is 1.81. The van der Waals surface area contributed by atoms with Crippen LogP contribution in [-0.2, 0) is 9.59 Å². The lowest BCUT2D eigenvalue weighted by Crippen LogP contribution is -2.34. The Morgan fingerprint density at radius 1 is 1.24 bits per heavy atom. The van der Waals surface area contributed by atoms with Gasteiger partial charge in [0.1, 0.15) is 12.3 Å². The fraction of sp³-hybridized carbons (Fsp3) is 0.0667. The van der Waals surface area contributed by atoms with Crippen LogP contribution in [-0.4, -0.2) is 23.5 Å². The van der Waals surface area contributed by atoms with Crippen molar-refractivity contribution in [3.05, 3.63) is 59.5 Å². The van der Waals surface area contributed by atoms with Gasteiger partial charge in [-0.05, 0) is 42.5 Å². The molecule has 108 valence electrons. The second-order valence-corrected chi connectivity index (χ2v) is 4.58. The number of furan rings is 1. The lowest BCUT2D eigenvalue weighted by Gasteiger charge is -2.19. The molecule has 21 heavy (non-hydrogen) atoms. The van der Waals surface area contributed by atoms with Crippen LogP contribution in [0.3, 0.4) is 0 Å². The van der Waals surface area contributed by atoms with E-state index in [1.165, 1.54) is 18.4 Å². The van der Waals surface area contributed by atoms with Crippen LogP contribution in [0.15, 0.2) is 53.2 Å². The third kappa shape index (κ3) is 4.22. The van der Waals surface area contributed by atoms with Crippen LogP contribution in [0.25, 0.3) is 6.08 Å².